The van der Waals surface area contributed by atoms with Gasteiger partial charge in [0.25, 0.3) is 11.8 Å². The van der Waals surface area contributed by atoms with Gasteiger partial charge in [-0.15, -0.1) is 0 Å². The number of carbonyl (C=O) groups is 3. The summed E-state index contributed by atoms with van der Waals surface area (Å²) in [6.07, 6.45) is 1.71. The van der Waals surface area contributed by atoms with Crippen LogP contribution in [-0.4, -0.2) is 46.5 Å². The SMILES string of the molecule is O=C1NC(=O)C2(CCN(C(=O)c3ccon3)C2)N1. The van der Waals surface area contributed by atoms with Crippen LogP contribution >= 0.6 is 0 Å². The van der Waals surface area contributed by atoms with E-state index in [0.29, 0.717) is 13.0 Å². The highest BCUT2D eigenvalue weighted by molar-refractivity contribution is 6.08. The van der Waals surface area contributed by atoms with Crippen LogP contribution < -0.4 is 10.6 Å². The number of urea groups is 1. The number of likely N-dealkylation sites (tertiary alicyclic amines) is 1. The highest BCUT2D eigenvalue weighted by Gasteiger charge is 2.51. The average molecular weight is 250 g/mol. The fourth-order valence-corrected chi connectivity index (χ4v) is 2.28. The van der Waals surface area contributed by atoms with Crippen molar-refractivity contribution in [1.82, 2.24) is 20.7 Å². The number of hydrogen-bond acceptors (Lipinski definition) is 5. The third-order valence-electron chi connectivity index (χ3n) is 3.23. The molecule has 0 bridgehead atoms. The molecule has 3 heterocycles. The molecule has 94 valence electrons. The van der Waals surface area contributed by atoms with Crippen LogP contribution in [0.4, 0.5) is 4.79 Å². The Morgan fingerprint density at radius 2 is 2.33 bits per heavy atom. The topological polar surface area (TPSA) is 105 Å². The Labute approximate surface area is 101 Å². The molecule has 18 heavy (non-hydrogen) atoms. The lowest BCUT2D eigenvalue weighted by Gasteiger charge is -2.20. The first-order valence-corrected chi connectivity index (χ1v) is 5.44. The van der Waals surface area contributed by atoms with Gasteiger partial charge in [0.1, 0.15) is 11.8 Å². The molecule has 2 fully saturated rings. The number of imide groups is 1. The normalized spacial score (nSPS) is 26.6. The lowest BCUT2D eigenvalue weighted by molar-refractivity contribution is -0.123. The molecule has 2 saturated heterocycles. The van der Waals surface area contributed by atoms with Crippen molar-refractivity contribution >= 4 is 17.8 Å². The quantitative estimate of drug-likeness (QED) is 0.628. The molecular weight excluding hydrogens is 240 g/mol. The number of rotatable bonds is 1. The van der Waals surface area contributed by atoms with Crippen LogP contribution in [0, 0.1) is 0 Å². The summed E-state index contributed by atoms with van der Waals surface area (Å²) >= 11 is 0. The van der Waals surface area contributed by atoms with Gasteiger partial charge in [0, 0.05) is 12.6 Å². The van der Waals surface area contributed by atoms with Crippen LogP contribution in [0.2, 0.25) is 0 Å². The summed E-state index contributed by atoms with van der Waals surface area (Å²) in [6, 6.07) is 0.941. The summed E-state index contributed by atoms with van der Waals surface area (Å²) in [6.45, 7) is 0.537. The van der Waals surface area contributed by atoms with E-state index in [9.17, 15) is 14.4 Å². The molecular formula is C10H10N4O4. The van der Waals surface area contributed by atoms with Gasteiger partial charge < -0.3 is 14.7 Å². The summed E-state index contributed by atoms with van der Waals surface area (Å²) < 4.78 is 4.60. The van der Waals surface area contributed by atoms with Crippen molar-refractivity contribution in [2.45, 2.75) is 12.0 Å². The fourth-order valence-electron chi connectivity index (χ4n) is 2.28. The van der Waals surface area contributed by atoms with Crippen LogP contribution in [0.5, 0.6) is 0 Å². The number of aromatic nitrogens is 1. The van der Waals surface area contributed by atoms with Crippen molar-refractivity contribution in [3.05, 3.63) is 18.0 Å². The predicted molar refractivity (Wildman–Crippen MR) is 56.4 cm³/mol. The van der Waals surface area contributed by atoms with E-state index in [1.165, 1.54) is 17.2 Å². The van der Waals surface area contributed by atoms with Crippen molar-refractivity contribution in [1.29, 1.82) is 0 Å². The Kier molecular flexibility index (Phi) is 2.12. The minimum atomic E-state index is -0.990. The molecule has 8 heteroatoms. The maximum absolute atomic E-state index is 12.0. The molecule has 1 spiro atoms. The minimum absolute atomic E-state index is 0.149. The van der Waals surface area contributed by atoms with E-state index < -0.39 is 11.6 Å². The third-order valence-corrected chi connectivity index (χ3v) is 3.23. The summed E-state index contributed by atoms with van der Waals surface area (Å²) in [5.41, 5.74) is -0.798. The van der Waals surface area contributed by atoms with E-state index >= 15 is 0 Å². The number of amides is 4. The molecule has 3 rings (SSSR count). The number of hydrogen-bond donors (Lipinski definition) is 2. The molecule has 1 atom stereocenters. The minimum Gasteiger partial charge on any atom is -0.364 e. The summed E-state index contributed by atoms with van der Waals surface area (Å²) in [4.78, 5) is 36.3. The van der Waals surface area contributed by atoms with Gasteiger partial charge in [0.2, 0.25) is 0 Å². The lowest BCUT2D eigenvalue weighted by atomic mass is 10.00. The average Bonchev–Trinajstić information content (AvgIpc) is 3.01. The standard InChI is InChI=1S/C10H10N4O4/c15-7(6-1-4-18-13-6)14-3-2-10(5-14)8(16)11-9(17)12-10/h1,4H,2-3,5H2,(H2,11,12,16,17). The molecule has 0 aliphatic carbocycles. The van der Waals surface area contributed by atoms with E-state index in [0.717, 1.165) is 0 Å². The number of nitrogens with one attached hydrogen (secondary N) is 2. The fraction of sp³-hybridized carbons (Fsp3) is 0.400. The first-order chi connectivity index (χ1) is 8.61. The zero-order chi connectivity index (χ0) is 12.8. The Morgan fingerprint density at radius 3 is 2.94 bits per heavy atom. The predicted octanol–water partition coefficient (Wildman–Crippen LogP) is -0.901. The van der Waals surface area contributed by atoms with Gasteiger partial charge in [-0.25, -0.2) is 4.79 Å². The Bertz CT molecular complexity index is 526. The largest absolute Gasteiger partial charge is 0.364 e. The van der Waals surface area contributed by atoms with E-state index in [4.69, 9.17) is 0 Å². The van der Waals surface area contributed by atoms with E-state index in [1.807, 2.05) is 0 Å². The smallest absolute Gasteiger partial charge is 0.322 e. The molecule has 0 radical (unpaired) electrons. The molecule has 0 aromatic carbocycles. The van der Waals surface area contributed by atoms with Gasteiger partial charge in [-0.05, 0) is 6.42 Å². The van der Waals surface area contributed by atoms with Crippen molar-refractivity contribution in [2.75, 3.05) is 13.1 Å². The first-order valence-electron chi connectivity index (χ1n) is 5.44. The van der Waals surface area contributed by atoms with Gasteiger partial charge >= 0.3 is 6.03 Å². The Balaban J connectivity index is 1.78. The van der Waals surface area contributed by atoms with Crippen LogP contribution in [0.15, 0.2) is 16.9 Å². The first kappa shape index (κ1) is 10.8. The van der Waals surface area contributed by atoms with Crippen molar-refractivity contribution in [3.63, 3.8) is 0 Å². The van der Waals surface area contributed by atoms with Crippen LogP contribution in [0.1, 0.15) is 16.9 Å². The van der Waals surface area contributed by atoms with Gasteiger partial charge in [0.05, 0.1) is 6.54 Å². The monoisotopic (exact) mass is 250 g/mol. The molecule has 2 aliphatic rings. The molecule has 2 N–H and O–H groups in total. The van der Waals surface area contributed by atoms with Gasteiger partial charge in [-0.3, -0.25) is 14.9 Å². The Hall–Kier alpha value is -2.38. The van der Waals surface area contributed by atoms with E-state index in [-0.39, 0.29) is 24.1 Å². The van der Waals surface area contributed by atoms with Crippen molar-refractivity contribution in [2.24, 2.45) is 0 Å². The number of nitrogens with zero attached hydrogens (tertiary/aromatic N) is 2. The van der Waals surface area contributed by atoms with E-state index in [1.54, 1.807) is 0 Å². The highest BCUT2D eigenvalue weighted by Crippen LogP contribution is 2.25. The number of carbonyl (C=O) groups excluding carboxylic acids is 3. The third kappa shape index (κ3) is 1.45. The van der Waals surface area contributed by atoms with Gasteiger partial charge in [0.15, 0.2) is 5.69 Å². The van der Waals surface area contributed by atoms with Crippen LogP contribution in [0.25, 0.3) is 0 Å². The highest BCUT2D eigenvalue weighted by atomic mass is 16.5. The van der Waals surface area contributed by atoms with Crippen molar-refractivity contribution < 1.29 is 18.9 Å². The molecule has 1 aromatic heterocycles. The van der Waals surface area contributed by atoms with Gasteiger partial charge in [-0.1, -0.05) is 5.16 Å². The van der Waals surface area contributed by atoms with Crippen LogP contribution in [-0.2, 0) is 4.79 Å². The van der Waals surface area contributed by atoms with Crippen LogP contribution in [0.3, 0.4) is 0 Å². The Morgan fingerprint density at radius 1 is 1.50 bits per heavy atom. The second kappa shape index (κ2) is 3.56. The summed E-state index contributed by atoms with van der Waals surface area (Å²) in [5.74, 6) is -0.697. The van der Waals surface area contributed by atoms with Crippen molar-refractivity contribution in [3.8, 4) is 0 Å². The second-order valence-corrected chi connectivity index (χ2v) is 4.35. The maximum atomic E-state index is 12.0. The lowest BCUT2D eigenvalue weighted by Crippen LogP contribution is -2.49. The molecule has 4 amide bonds. The second-order valence-electron chi connectivity index (χ2n) is 4.35. The van der Waals surface area contributed by atoms with Gasteiger partial charge in [-0.2, -0.15) is 0 Å². The zero-order valence-electron chi connectivity index (χ0n) is 9.30. The molecule has 0 saturated carbocycles. The molecule has 1 aromatic rings. The molecule has 8 nitrogen and oxygen atoms in total. The molecule has 1 unspecified atom stereocenters. The summed E-state index contributed by atoms with van der Waals surface area (Å²) in [5, 5.41) is 8.31. The maximum Gasteiger partial charge on any atom is 0.322 e. The summed E-state index contributed by atoms with van der Waals surface area (Å²) in [7, 11) is 0. The van der Waals surface area contributed by atoms with E-state index in [2.05, 4.69) is 20.3 Å². The molecule has 2 aliphatic heterocycles. The zero-order valence-corrected chi connectivity index (χ0v) is 9.30.